The lowest BCUT2D eigenvalue weighted by Crippen LogP contribution is -2.40. The van der Waals surface area contributed by atoms with E-state index in [1.54, 1.807) is 6.20 Å². The zero-order chi connectivity index (χ0) is 14.5. The van der Waals surface area contributed by atoms with E-state index in [1.165, 1.54) is 6.39 Å². The van der Waals surface area contributed by atoms with Gasteiger partial charge in [0.05, 0.1) is 12.2 Å². The summed E-state index contributed by atoms with van der Waals surface area (Å²) in [6.45, 7) is 3.98. The number of oxazole rings is 1. The largest absolute Gasteiger partial charge is 0.444 e. The smallest absolute Gasteiger partial charge is 0.241 e. The van der Waals surface area contributed by atoms with Crippen LogP contribution < -0.4 is 11.1 Å². The normalized spacial score (nSPS) is 13.8. The van der Waals surface area contributed by atoms with Crippen LogP contribution in [0.4, 0.5) is 5.69 Å². The number of anilines is 1. The number of aromatic nitrogens is 1. The molecule has 5 nitrogen and oxygen atoms in total. The Morgan fingerprint density at radius 3 is 2.95 bits per heavy atom. The zero-order valence-corrected chi connectivity index (χ0v) is 11.7. The molecule has 0 saturated heterocycles. The lowest BCUT2D eigenvalue weighted by molar-refractivity contribution is -0.118. The number of nitrogens with zero attached hydrogens (tertiary/aromatic N) is 1. The van der Waals surface area contributed by atoms with E-state index in [4.69, 9.17) is 10.2 Å². The maximum absolute atomic E-state index is 12.0. The van der Waals surface area contributed by atoms with E-state index >= 15 is 0 Å². The van der Waals surface area contributed by atoms with Gasteiger partial charge in [-0.25, -0.2) is 4.98 Å². The highest BCUT2D eigenvalue weighted by Crippen LogP contribution is 2.22. The minimum atomic E-state index is -0.506. The molecule has 1 amide bonds. The number of amides is 1. The molecule has 0 aliphatic carbocycles. The van der Waals surface area contributed by atoms with Gasteiger partial charge in [-0.3, -0.25) is 4.79 Å². The molecule has 3 N–H and O–H groups in total. The lowest BCUT2D eigenvalue weighted by atomic mass is 9.99. The minimum Gasteiger partial charge on any atom is -0.444 e. The molecular formula is C15H19N3O2. The van der Waals surface area contributed by atoms with Gasteiger partial charge in [0.25, 0.3) is 0 Å². The van der Waals surface area contributed by atoms with Crippen LogP contribution in [0.15, 0.2) is 41.3 Å². The molecule has 1 aromatic heterocycles. The van der Waals surface area contributed by atoms with Crippen molar-refractivity contribution in [2.45, 2.75) is 26.3 Å². The molecular weight excluding hydrogens is 254 g/mol. The van der Waals surface area contributed by atoms with Crippen molar-refractivity contribution in [3.63, 3.8) is 0 Å². The van der Waals surface area contributed by atoms with Crippen LogP contribution in [-0.4, -0.2) is 16.9 Å². The number of nitrogens with one attached hydrogen (secondary N) is 1. The predicted octanol–water partition coefficient (Wildman–Crippen LogP) is 2.65. The molecule has 0 fully saturated rings. The standard InChI is InChI=1S/C15H19N3O2/c1-3-10(2)14(16)15(19)18-12-6-4-5-11(7-12)13-8-17-9-20-13/h4-10,14H,3,16H2,1-2H3,(H,18,19)/t10-,14-/m0/s1. The minimum absolute atomic E-state index is 0.146. The van der Waals surface area contributed by atoms with Gasteiger partial charge >= 0.3 is 0 Å². The van der Waals surface area contributed by atoms with Gasteiger partial charge in [-0.15, -0.1) is 0 Å². The highest BCUT2D eigenvalue weighted by Gasteiger charge is 2.19. The van der Waals surface area contributed by atoms with Crippen molar-refractivity contribution < 1.29 is 9.21 Å². The lowest BCUT2D eigenvalue weighted by Gasteiger charge is -2.17. The second kappa shape index (κ2) is 6.34. The molecule has 5 heteroatoms. The molecule has 20 heavy (non-hydrogen) atoms. The molecule has 0 saturated carbocycles. The number of hydrogen-bond donors (Lipinski definition) is 2. The van der Waals surface area contributed by atoms with E-state index in [-0.39, 0.29) is 11.8 Å². The third-order valence-corrected chi connectivity index (χ3v) is 3.41. The molecule has 1 heterocycles. The van der Waals surface area contributed by atoms with Gasteiger partial charge in [0.1, 0.15) is 0 Å². The van der Waals surface area contributed by atoms with Gasteiger partial charge in [0.15, 0.2) is 12.2 Å². The highest BCUT2D eigenvalue weighted by molar-refractivity contribution is 5.95. The Hall–Kier alpha value is -2.14. The maximum atomic E-state index is 12.0. The molecule has 0 bridgehead atoms. The van der Waals surface area contributed by atoms with Gasteiger partial charge in [0, 0.05) is 11.3 Å². The Morgan fingerprint density at radius 1 is 1.50 bits per heavy atom. The Morgan fingerprint density at radius 2 is 2.30 bits per heavy atom. The van der Waals surface area contributed by atoms with Crippen molar-refractivity contribution in [2.24, 2.45) is 11.7 Å². The van der Waals surface area contributed by atoms with Gasteiger partial charge in [-0.1, -0.05) is 32.4 Å². The molecule has 0 unspecified atom stereocenters. The molecule has 0 aliphatic rings. The average molecular weight is 273 g/mol. The summed E-state index contributed by atoms with van der Waals surface area (Å²) in [5.74, 6) is 0.633. The van der Waals surface area contributed by atoms with Crippen LogP contribution in [-0.2, 0) is 4.79 Å². The third kappa shape index (κ3) is 3.24. The van der Waals surface area contributed by atoms with Crippen molar-refractivity contribution in [1.82, 2.24) is 4.98 Å². The fourth-order valence-corrected chi connectivity index (χ4v) is 1.85. The summed E-state index contributed by atoms with van der Waals surface area (Å²) < 4.78 is 5.23. The van der Waals surface area contributed by atoms with Crippen molar-refractivity contribution in [3.05, 3.63) is 36.9 Å². The topological polar surface area (TPSA) is 81.2 Å². The molecule has 106 valence electrons. The van der Waals surface area contributed by atoms with E-state index in [0.29, 0.717) is 11.4 Å². The van der Waals surface area contributed by atoms with Crippen LogP contribution in [0.5, 0.6) is 0 Å². The van der Waals surface area contributed by atoms with Crippen LogP contribution in [0.1, 0.15) is 20.3 Å². The van der Waals surface area contributed by atoms with Crippen LogP contribution >= 0.6 is 0 Å². The van der Waals surface area contributed by atoms with Crippen LogP contribution in [0, 0.1) is 5.92 Å². The third-order valence-electron chi connectivity index (χ3n) is 3.41. The summed E-state index contributed by atoms with van der Waals surface area (Å²) in [4.78, 5) is 15.9. The average Bonchev–Trinajstić information content (AvgIpc) is 3.00. The van der Waals surface area contributed by atoms with Crippen molar-refractivity contribution in [2.75, 3.05) is 5.32 Å². The van der Waals surface area contributed by atoms with E-state index in [0.717, 1.165) is 12.0 Å². The van der Waals surface area contributed by atoms with Crippen molar-refractivity contribution in [3.8, 4) is 11.3 Å². The van der Waals surface area contributed by atoms with Gasteiger partial charge in [-0.05, 0) is 18.1 Å². The summed E-state index contributed by atoms with van der Waals surface area (Å²) in [5.41, 5.74) is 7.47. The number of nitrogens with two attached hydrogens (primary N) is 1. The first kappa shape index (κ1) is 14.3. The molecule has 0 aliphatic heterocycles. The molecule has 0 radical (unpaired) electrons. The number of benzene rings is 1. The van der Waals surface area contributed by atoms with Gasteiger partial charge in [0.2, 0.25) is 5.91 Å². The SMILES string of the molecule is CC[C@H](C)[C@H](N)C(=O)Nc1cccc(-c2cnco2)c1. The summed E-state index contributed by atoms with van der Waals surface area (Å²) in [7, 11) is 0. The molecule has 1 aromatic carbocycles. The van der Waals surface area contributed by atoms with E-state index < -0.39 is 6.04 Å². The molecule has 2 rings (SSSR count). The van der Waals surface area contributed by atoms with Gasteiger partial charge < -0.3 is 15.5 Å². The van der Waals surface area contributed by atoms with E-state index in [2.05, 4.69) is 10.3 Å². The predicted molar refractivity (Wildman–Crippen MR) is 78.0 cm³/mol. The molecule has 2 atom stereocenters. The Kier molecular flexibility index (Phi) is 4.53. The first-order chi connectivity index (χ1) is 9.61. The van der Waals surface area contributed by atoms with Crippen LogP contribution in [0.3, 0.4) is 0 Å². The Balaban J connectivity index is 2.10. The number of rotatable bonds is 5. The van der Waals surface area contributed by atoms with Crippen LogP contribution in [0.25, 0.3) is 11.3 Å². The summed E-state index contributed by atoms with van der Waals surface area (Å²) in [6.07, 6.45) is 3.87. The number of carbonyl (C=O) groups excluding carboxylic acids is 1. The molecule has 2 aromatic rings. The van der Waals surface area contributed by atoms with E-state index in [9.17, 15) is 4.79 Å². The fraction of sp³-hybridized carbons (Fsp3) is 0.333. The van der Waals surface area contributed by atoms with Gasteiger partial charge in [-0.2, -0.15) is 0 Å². The number of hydrogen-bond acceptors (Lipinski definition) is 4. The summed E-state index contributed by atoms with van der Waals surface area (Å²) in [6, 6.07) is 6.89. The quantitative estimate of drug-likeness (QED) is 0.877. The van der Waals surface area contributed by atoms with Crippen molar-refractivity contribution in [1.29, 1.82) is 0 Å². The fourth-order valence-electron chi connectivity index (χ4n) is 1.85. The van der Waals surface area contributed by atoms with Crippen LogP contribution in [0.2, 0.25) is 0 Å². The first-order valence-corrected chi connectivity index (χ1v) is 6.67. The number of carbonyl (C=O) groups is 1. The maximum Gasteiger partial charge on any atom is 0.241 e. The summed E-state index contributed by atoms with van der Waals surface area (Å²) in [5, 5.41) is 2.83. The zero-order valence-electron chi connectivity index (χ0n) is 11.7. The van der Waals surface area contributed by atoms with E-state index in [1.807, 2.05) is 38.1 Å². The second-order valence-electron chi connectivity index (χ2n) is 4.85. The summed E-state index contributed by atoms with van der Waals surface area (Å²) >= 11 is 0. The first-order valence-electron chi connectivity index (χ1n) is 6.67. The Bertz CT molecular complexity index is 566. The highest BCUT2D eigenvalue weighted by atomic mass is 16.3. The Labute approximate surface area is 118 Å². The van der Waals surface area contributed by atoms with Crippen molar-refractivity contribution >= 4 is 11.6 Å². The monoisotopic (exact) mass is 273 g/mol. The second-order valence-corrected chi connectivity index (χ2v) is 4.85. The molecule has 0 spiro atoms.